The van der Waals surface area contributed by atoms with Gasteiger partial charge in [0, 0.05) is 44.8 Å². The maximum absolute atomic E-state index is 13.5. The molecule has 2 aromatic rings. The van der Waals surface area contributed by atoms with Gasteiger partial charge in [0.2, 0.25) is 0 Å². The lowest BCUT2D eigenvalue weighted by atomic mass is 10.1. The van der Waals surface area contributed by atoms with Gasteiger partial charge < -0.3 is 25.5 Å². The monoisotopic (exact) mass is 400 g/mol. The smallest absolute Gasteiger partial charge is 0.317 e. The Bertz CT molecular complexity index is 882. The third kappa shape index (κ3) is 5.16. The zero-order chi connectivity index (χ0) is 20.8. The van der Waals surface area contributed by atoms with Crippen LogP contribution in [0.15, 0.2) is 42.5 Å². The second-order valence-electron chi connectivity index (χ2n) is 6.91. The Morgan fingerprint density at radius 2 is 1.72 bits per heavy atom. The molecule has 7 nitrogen and oxygen atoms in total. The van der Waals surface area contributed by atoms with Crippen LogP contribution in [-0.2, 0) is 0 Å². The van der Waals surface area contributed by atoms with E-state index in [0.717, 1.165) is 5.69 Å². The number of aromatic hydroxyl groups is 1. The number of hydrogen-bond acceptors (Lipinski definition) is 4. The van der Waals surface area contributed by atoms with Gasteiger partial charge in [-0.1, -0.05) is 18.2 Å². The summed E-state index contributed by atoms with van der Waals surface area (Å²) in [6, 6.07) is 11.3. The van der Waals surface area contributed by atoms with Crippen LogP contribution in [0.1, 0.15) is 15.9 Å². The zero-order valence-electron chi connectivity index (χ0n) is 16.3. The van der Waals surface area contributed by atoms with Crippen molar-refractivity contribution in [1.29, 1.82) is 0 Å². The van der Waals surface area contributed by atoms with Gasteiger partial charge in [0.05, 0.1) is 5.69 Å². The van der Waals surface area contributed by atoms with E-state index in [2.05, 4.69) is 10.6 Å². The molecule has 0 bridgehead atoms. The highest BCUT2D eigenvalue weighted by Gasteiger charge is 2.22. The van der Waals surface area contributed by atoms with E-state index in [9.17, 15) is 19.1 Å². The van der Waals surface area contributed by atoms with Crippen LogP contribution >= 0.6 is 0 Å². The lowest BCUT2D eigenvalue weighted by molar-refractivity contribution is 0.0953. The summed E-state index contributed by atoms with van der Waals surface area (Å²) in [5, 5.41) is 15.4. The van der Waals surface area contributed by atoms with Gasteiger partial charge in [-0.2, -0.15) is 0 Å². The van der Waals surface area contributed by atoms with Gasteiger partial charge in [-0.15, -0.1) is 0 Å². The number of amides is 3. The zero-order valence-corrected chi connectivity index (χ0v) is 16.3. The number of hydrogen-bond donors (Lipinski definition) is 3. The molecule has 1 aliphatic heterocycles. The van der Waals surface area contributed by atoms with Crippen LogP contribution in [0.4, 0.5) is 14.9 Å². The van der Waals surface area contributed by atoms with E-state index in [0.29, 0.717) is 31.7 Å². The maximum atomic E-state index is 13.5. The van der Waals surface area contributed by atoms with Gasteiger partial charge in [0.25, 0.3) is 5.91 Å². The largest absolute Gasteiger partial charge is 0.506 e. The van der Waals surface area contributed by atoms with Gasteiger partial charge in [-0.3, -0.25) is 4.79 Å². The number of anilines is 1. The molecule has 3 N–H and O–H groups in total. The van der Waals surface area contributed by atoms with Crippen molar-refractivity contribution in [2.75, 3.05) is 44.2 Å². The number of halogens is 1. The molecule has 0 aliphatic carbocycles. The highest BCUT2D eigenvalue weighted by atomic mass is 19.1. The van der Waals surface area contributed by atoms with E-state index < -0.39 is 5.82 Å². The van der Waals surface area contributed by atoms with Crippen LogP contribution in [0.5, 0.6) is 5.75 Å². The number of aryl methyl sites for hydroxylation is 1. The maximum Gasteiger partial charge on any atom is 0.317 e. The quantitative estimate of drug-likeness (QED) is 0.671. The molecule has 0 spiro atoms. The number of phenolic OH excluding ortho intramolecular Hbond substituents is 1. The Morgan fingerprint density at radius 3 is 2.41 bits per heavy atom. The lowest BCUT2D eigenvalue weighted by Crippen LogP contribution is -2.52. The number of piperazine rings is 1. The molecule has 0 aromatic heterocycles. The van der Waals surface area contributed by atoms with Crippen molar-refractivity contribution in [3.05, 3.63) is 59.4 Å². The number of nitrogens with zero attached hydrogens (tertiary/aromatic N) is 2. The minimum Gasteiger partial charge on any atom is -0.506 e. The predicted octanol–water partition coefficient (Wildman–Crippen LogP) is 2.10. The number of rotatable bonds is 5. The summed E-state index contributed by atoms with van der Waals surface area (Å²) >= 11 is 0. The molecule has 0 atom stereocenters. The molecule has 154 valence electrons. The van der Waals surface area contributed by atoms with Crippen molar-refractivity contribution in [3.8, 4) is 5.75 Å². The van der Waals surface area contributed by atoms with Crippen molar-refractivity contribution in [2.24, 2.45) is 0 Å². The van der Waals surface area contributed by atoms with Crippen molar-refractivity contribution >= 4 is 17.6 Å². The Kier molecular flexibility index (Phi) is 6.54. The van der Waals surface area contributed by atoms with E-state index >= 15 is 0 Å². The molecule has 0 unspecified atom stereocenters. The third-order valence-corrected chi connectivity index (χ3v) is 4.91. The molecule has 0 saturated carbocycles. The number of carbonyl (C=O) groups excluding carboxylic acids is 2. The van der Waals surface area contributed by atoms with Gasteiger partial charge >= 0.3 is 6.03 Å². The fourth-order valence-corrected chi connectivity index (χ4v) is 3.18. The molecule has 0 radical (unpaired) electrons. The van der Waals surface area contributed by atoms with Crippen molar-refractivity contribution in [2.45, 2.75) is 6.92 Å². The van der Waals surface area contributed by atoms with Crippen molar-refractivity contribution in [1.82, 2.24) is 15.5 Å². The number of urea groups is 1. The Labute approximate surface area is 169 Å². The fraction of sp³-hybridized carbons (Fsp3) is 0.333. The molecule has 1 heterocycles. The third-order valence-electron chi connectivity index (χ3n) is 4.91. The summed E-state index contributed by atoms with van der Waals surface area (Å²) in [6.07, 6.45) is 0. The summed E-state index contributed by atoms with van der Waals surface area (Å²) in [4.78, 5) is 28.1. The van der Waals surface area contributed by atoms with E-state index in [1.807, 2.05) is 17.0 Å². The minimum atomic E-state index is -0.422. The number of nitrogens with one attached hydrogen (secondary N) is 2. The molecule has 1 saturated heterocycles. The van der Waals surface area contributed by atoms with E-state index in [1.165, 1.54) is 6.07 Å². The summed E-state index contributed by atoms with van der Waals surface area (Å²) < 4.78 is 13.5. The Hall–Kier alpha value is -3.29. The molecular weight excluding hydrogens is 375 g/mol. The van der Waals surface area contributed by atoms with Crippen LogP contribution in [-0.4, -0.2) is 61.2 Å². The SMILES string of the molecule is Cc1ccc(C(=O)NCCNC(=O)N2CCN(c3ccccc3O)CC2)cc1F. The van der Waals surface area contributed by atoms with E-state index in [-0.39, 0.29) is 36.3 Å². The molecule has 1 aliphatic rings. The fourth-order valence-electron chi connectivity index (χ4n) is 3.18. The second-order valence-corrected chi connectivity index (χ2v) is 6.91. The molecule has 29 heavy (non-hydrogen) atoms. The van der Waals surface area contributed by atoms with Crippen LogP contribution in [0.3, 0.4) is 0 Å². The average Bonchev–Trinajstić information content (AvgIpc) is 2.73. The molecule has 2 aromatic carbocycles. The highest BCUT2D eigenvalue weighted by molar-refractivity contribution is 5.94. The number of carbonyl (C=O) groups is 2. The highest BCUT2D eigenvalue weighted by Crippen LogP contribution is 2.27. The Balaban J connectivity index is 1.38. The summed E-state index contributed by atoms with van der Waals surface area (Å²) in [5.41, 5.74) is 1.50. The molecule has 3 amide bonds. The second kappa shape index (κ2) is 9.27. The van der Waals surface area contributed by atoms with Crippen LogP contribution in [0, 0.1) is 12.7 Å². The number of phenols is 1. The van der Waals surface area contributed by atoms with Gasteiger partial charge in [-0.25, -0.2) is 9.18 Å². The predicted molar refractivity (Wildman–Crippen MR) is 109 cm³/mol. The molecule has 3 rings (SSSR count). The summed E-state index contributed by atoms with van der Waals surface area (Å²) in [7, 11) is 0. The first-order chi connectivity index (χ1) is 14.0. The van der Waals surface area contributed by atoms with Crippen molar-refractivity contribution in [3.63, 3.8) is 0 Å². The standard InChI is InChI=1S/C21H25FN4O3/c1-15-6-7-16(14-17(15)22)20(28)23-8-9-24-21(29)26-12-10-25(11-13-26)18-4-2-3-5-19(18)27/h2-7,14,27H,8-13H2,1H3,(H,23,28)(H,24,29). The summed E-state index contributed by atoms with van der Waals surface area (Å²) in [5.74, 6) is -0.571. The topological polar surface area (TPSA) is 84.9 Å². The molecule has 8 heteroatoms. The minimum absolute atomic E-state index is 0.197. The van der Waals surface area contributed by atoms with Gasteiger partial charge in [0.15, 0.2) is 0 Å². The molecule has 1 fully saturated rings. The van der Waals surface area contributed by atoms with Gasteiger partial charge in [-0.05, 0) is 36.8 Å². The first kappa shape index (κ1) is 20.4. The van der Waals surface area contributed by atoms with Crippen molar-refractivity contribution < 1.29 is 19.1 Å². The van der Waals surface area contributed by atoms with Crippen LogP contribution in [0.25, 0.3) is 0 Å². The number of benzene rings is 2. The first-order valence-corrected chi connectivity index (χ1v) is 9.56. The van der Waals surface area contributed by atoms with E-state index in [1.54, 1.807) is 36.1 Å². The van der Waals surface area contributed by atoms with Crippen LogP contribution in [0.2, 0.25) is 0 Å². The van der Waals surface area contributed by atoms with E-state index in [4.69, 9.17) is 0 Å². The normalized spacial score (nSPS) is 13.9. The first-order valence-electron chi connectivity index (χ1n) is 9.56. The Morgan fingerprint density at radius 1 is 1.03 bits per heavy atom. The lowest BCUT2D eigenvalue weighted by Gasteiger charge is -2.36. The average molecular weight is 400 g/mol. The van der Waals surface area contributed by atoms with Gasteiger partial charge in [0.1, 0.15) is 11.6 Å². The molecular formula is C21H25FN4O3. The van der Waals surface area contributed by atoms with Crippen LogP contribution < -0.4 is 15.5 Å². The summed E-state index contributed by atoms with van der Waals surface area (Å²) in [6.45, 7) is 4.48. The number of para-hydroxylation sites is 2.